The van der Waals surface area contributed by atoms with Gasteiger partial charge in [-0.05, 0) is 38.8 Å². The molecule has 5 nitrogen and oxygen atoms in total. The molecule has 0 N–H and O–H groups in total. The van der Waals surface area contributed by atoms with Crippen molar-refractivity contribution in [3.05, 3.63) is 24.3 Å². The molecule has 140 valence electrons. The first-order valence-corrected chi connectivity index (χ1v) is 10.8. The Bertz CT molecular complexity index is 749. The molecule has 1 aromatic heterocycles. The first kappa shape index (κ1) is 19.2. The number of hydrogen-bond donors (Lipinski definition) is 0. The third-order valence-electron chi connectivity index (χ3n) is 4.91. The third kappa shape index (κ3) is 4.38. The number of para-hydroxylation sites is 1. The van der Waals surface area contributed by atoms with Gasteiger partial charge < -0.3 is 9.80 Å². The molecule has 26 heavy (non-hydrogen) atoms. The molecule has 3 rings (SSSR count). The average molecular weight is 392 g/mol. The average Bonchev–Trinajstić information content (AvgIpc) is 3.08. The third-order valence-corrected chi connectivity index (χ3v) is 7.08. The van der Waals surface area contributed by atoms with Crippen LogP contribution in [0.2, 0.25) is 0 Å². The minimum absolute atomic E-state index is 0.0448. The summed E-state index contributed by atoms with van der Waals surface area (Å²) in [6, 6.07) is 8.24. The lowest BCUT2D eigenvalue weighted by Gasteiger charge is -2.34. The highest BCUT2D eigenvalue weighted by Gasteiger charge is 2.29. The van der Waals surface area contributed by atoms with Crippen LogP contribution in [0.25, 0.3) is 10.2 Å². The van der Waals surface area contributed by atoms with E-state index in [2.05, 4.69) is 11.1 Å². The fourth-order valence-corrected chi connectivity index (χ4v) is 5.02. The number of rotatable bonds is 5. The van der Waals surface area contributed by atoms with Crippen LogP contribution in [0.3, 0.4) is 0 Å². The molecule has 1 fully saturated rings. The van der Waals surface area contributed by atoms with Gasteiger partial charge in [0.15, 0.2) is 4.34 Å². The summed E-state index contributed by atoms with van der Waals surface area (Å²) >= 11 is 3.13. The molecule has 0 spiro atoms. The minimum atomic E-state index is 0.0448. The van der Waals surface area contributed by atoms with Crippen molar-refractivity contribution in [2.75, 3.05) is 25.9 Å². The molecule has 1 saturated heterocycles. The molecule has 2 amide bonds. The number of hydrogen-bond acceptors (Lipinski definition) is 5. The van der Waals surface area contributed by atoms with E-state index in [1.807, 2.05) is 48.9 Å². The fraction of sp³-hybridized carbons (Fsp3) is 0.526. The lowest BCUT2D eigenvalue weighted by Crippen LogP contribution is -2.45. The molecule has 0 radical (unpaired) electrons. The van der Waals surface area contributed by atoms with Gasteiger partial charge in [0.05, 0.1) is 16.0 Å². The fourth-order valence-electron chi connectivity index (χ4n) is 3.05. The lowest BCUT2D eigenvalue weighted by atomic mass is 9.95. The molecule has 0 bridgehead atoms. The topological polar surface area (TPSA) is 53.5 Å². The molecule has 1 aliphatic rings. The predicted molar refractivity (Wildman–Crippen MR) is 108 cm³/mol. The number of amides is 2. The predicted octanol–water partition coefficient (Wildman–Crippen LogP) is 3.49. The number of likely N-dealkylation sites (tertiary alicyclic amines) is 1. The maximum absolute atomic E-state index is 12.5. The van der Waals surface area contributed by atoms with Gasteiger partial charge in [0.25, 0.3) is 0 Å². The van der Waals surface area contributed by atoms with Crippen molar-refractivity contribution in [3.8, 4) is 0 Å². The van der Waals surface area contributed by atoms with Gasteiger partial charge >= 0.3 is 0 Å². The number of benzene rings is 1. The Kier molecular flexibility index (Phi) is 6.19. The number of piperidine rings is 1. The maximum Gasteiger partial charge on any atom is 0.233 e. The van der Waals surface area contributed by atoms with Crippen molar-refractivity contribution in [1.29, 1.82) is 0 Å². The van der Waals surface area contributed by atoms with Gasteiger partial charge in [0, 0.05) is 32.1 Å². The van der Waals surface area contributed by atoms with Crippen molar-refractivity contribution in [2.45, 2.75) is 37.1 Å². The number of thioether (sulfide) groups is 1. The lowest BCUT2D eigenvalue weighted by molar-refractivity contribution is -0.140. The molecule has 1 aliphatic heterocycles. The van der Waals surface area contributed by atoms with E-state index >= 15 is 0 Å². The van der Waals surface area contributed by atoms with Gasteiger partial charge in [0.2, 0.25) is 11.8 Å². The Morgan fingerprint density at radius 2 is 2.00 bits per heavy atom. The SMILES string of the molecule is CC(C)N(C)C(=O)C1CCN(C(=O)CSc2nc3ccccc3s2)CC1. The standard InChI is InChI=1S/C19H25N3O2S2/c1-13(2)21(3)18(24)14-8-10-22(11-9-14)17(23)12-25-19-20-15-6-4-5-7-16(15)26-19/h4-7,13-14H,8-12H2,1-3H3. The van der Waals surface area contributed by atoms with Crippen LogP contribution in [-0.2, 0) is 9.59 Å². The normalized spacial score (nSPS) is 15.6. The van der Waals surface area contributed by atoms with Gasteiger partial charge in [-0.1, -0.05) is 23.9 Å². The Labute approximate surface area is 162 Å². The Hall–Kier alpha value is -1.60. The smallest absolute Gasteiger partial charge is 0.233 e. The highest BCUT2D eigenvalue weighted by Crippen LogP contribution is 2.30. The van der Waals surface area contributed by atoms with Crippen LogP contribution < -0.4 is 0 Å². The molecule has 0 aliphatic carbocycles. The molecule has 1 aromatic carbocycles. The van der Waals surface area contributed by atoms with Gasteiger partial charge in [-0.2, -0.15) is 0 Å². The largest absolute Gasteiger partial charge is 0.343 e. The van der Waals surface area contributed by atoms with E-state index in [4.69, 9.17) is 0 Å². The van der Waals surface area contributed by atoms with Gasteiger partial charge in [-0.15, -0.1) is 11.3 Å². The molecule has 2 heterocycles. The molecule has 7 heteroatoms. The van der Waals surface area contributed by atoms with Crippen molar-refractivity contribution in [3.63, 3.8) is 0 Å². The summed E-state index contributed by atoms with van der Waals surface area (Å²) in [5.74, 6) is 0.793. The van der Waals surface area contributed by atoms with Crippen LogP contribution in [0.4, 0.5) is 0 Å². The quantitative estimate of drug-likeness (QED) is 0.732. The van der Waals surface area contributed by atoms with E-state index < -0.39 is 0 Å². The second-order valence-electron chi connectivity index (χ2n) is 6.93. The van der Waals surface area contributed by atoms with Crippen molar-refractivity contribution < 1.29 is 9.59 Å². The second kappa shape index (κ2) is 8.39. The van der Waals surface area contributed by atoms with Crippen LogP contribution in [0.1, 0.15) is 26.7 Å². The minimum Gasteiger partial charge on any atom is -0.343 e. The number of carbonyl (C=O) groups is 2. The number of nitrogens with zero attached hydrogens (tertiary/aromatic N) is 3. The second-order valence-corrected chi connectivity index (χ2v) is 9.19. The number of carbonyl (C=O) groups excluding carboxylic acids is 2. The first-order chi connectivity index (χ1) is 12.5. The van der Waals surface area contributed by atoms with E-state index in [0.29, 0.717) is 18.8 Å². The molecular weight excluding hydrogens is 366 g/mol. The first-order valence-electron chi connectivity index (χ1n) is 8.98. The summed E-state index contributed by atoms with van der Waals surface area (Å²) in [4.78, 5) is 33.2. The van der Waals surface area contributed by atoms with Gasteiger partial charge in [-0.25, -0.2) is 4.98 Å². The maximum atomic E-state index is 12.5. The van der Waals surface area contributed by atoms with Crippen LogP contribution in [0.15, 0.2) is 28.6 Å². The zero-order valence-electron chi connectivity index (χ0n) is 15.5. The van der Waals surface area contributed by atoms with E-state index in [1.165, 1.54) is 11.8 Å². The molecular formula is C19H25N3O2S2. The Balaban J connectivity index is 1.48. The van der Waals surface area contributed by atoms with Crippen LogP contribution in [-0.4, -0.2) is 58.5 Å². The van der Waals surface area contributed by atoms with E-state index in [-0.39, 0.29) is 23.8 Å². The molecule has 0 atom stereocenters. The molecule has 0 saturated carbocycles. The van der Waals surface area contributed by atoms with Crippen molar-refractivity contribution >= 4 is 45.1 Å². The van der Waals surface area contributed by atoms with E-state index in [0.717, 1.165) is 27.4 Å². The zero-order chi connectivity index (χ0) is 18.7. The van der Waals surface area contributed by atoms with E-state index in [1.54, 1.807) is 11.3 Å². The van der Waals surface area contributed by atoms with Crippen molar-refractivity contribution in [2.24, 2.45) is 5.92 Å². The van der Waals surface area contributed by atoms with E-state index in [9.17, 15) is 9.59 Å². The van der Waals surface area contributed by atoms with Crippen molar-refractivity contribution in [1.82, 2.24) is 14.8 Å². The molecule has 2 aromatic rings. The van der Waals surface area contributed by atoms with Crippen LogP contribution in [0, 0.1) is 5.92 Å². The Morgan fingerprint density at radius 3 is 2.65 bits per heavy atom. The summed E-state index contributed by atoms with van der Waals surface area (Å²) in [5.41, 5.74) is 0.987. The summed E-state index contributed by atoms with van der Waals surface area (Å²) in [6.07, 6.45) is 1.51. The summed E-state index contributed by atoms with van der Waals surface area (Å²) in [7, 11) is 1.86. The highest BCUT2D eigenvalue weighted by molar-refractivity contribution is 8.01. The van der Waals surface area contributed by atoms with Crippen LogP contribution >= 0.6 is 23.1 Å². The Morgan fingerprint density at radius 1 is 1.31 bits per heavy atom. The van der Waals surface area contributed by atoms with Gasteiger partial charge in [0.1, 0.15) is 0 Å². The summed E-state index contributed by atoms with van der Waals surface area (Å²) < 4.78 is 2.08. The monoisotopic (exact) mass is 391 g/mol. The van der Waals surface area contributed by atoms with Gasteiger partial charge in [-0.3, -0.25) is 9.59 Å². The number of thiazole rings is 1. The summed E-state index contributed by atoms with van der Waals surface area (Å²) in [6.45, 7) is 5.38. The summed E-state index contributed by atoms with van der Waals surface area (Å²) in [5, 5.41) is 0. The number of fused-ring (bicyclic) bond motifs is 1. The molecule has 0 unspecified atom stereocenters. The zero-order valence-corrected chi connectivity index (χ0v) is 17.1. The van der Waals surface area contributed by atoms with Crippen LogP contribution in [0.5, 0.6) is 0 Å². The highest BCUT2D eigenvalue weighted by atomic mass is 32.2. The number of aromatic nitrogens is 1.